The van der Waals surface area contributed by atoms with E-state index >= 15 is 0 Å². The maximum absolute atomic E-state index is 13.3. The molecule has 2 rings (SSSR count). The van der Waals surface area contributed by atoms with Crippen LogP contribution in [0.4, 0.5) is 5.69 Å². The van der Waals surface area contributed by atoms with Crippen LogP contribution in [0.2, 0.25) is 0 Å². The van der Waals surface area contributed by atoms with Crippen LogP contribution in [0.1, 0.15) is 32.3 Å². The molecule has 0 saturated carbocycles. The average Bonchev–Trinajstić information content (AvgIpc) is 2.75. The van der Waals surface area contributed by atoms with Crippen LogP contribution in [-0.4, -0.2) is 50.5 Å². The molecule has 31 heavy (non-hydrogen) atoms. The first-order valence-corrected chi connectivity index (χ1v) is 12.2. The molecule has 0 aliphatic rings. The van der Waals surface area contributed by atoms with E-state index in [9.17, 15) is 18.0 Å². The van der Waals surface area contributed by atoms with Crippen LogP contribution < -0.4 is 9.62 Å². The average molecular weight is 446 g/mol. The van der Waals surface area contributed by atoms with Crippen molar-refractivity contribution in [3.8, 4) is 0 Å². The van der Waals surface area contributed by atoms with Gasteiger partial charge in [-0.05, 0) is 31.0 Å². The molecule has 8 heteroatoms. The van der Waals surface area contributed by atoms with Crippen LogP contribution in [0.25, 0.3) is 0 Å². The molecule has 0 heterocycles. The Balaban J connectivity index is 2.28. The van der Waals surface area contributed by atoms with Gasteiger partial charge in [0.2, 0.25) is 21.8 Å². The molecule has 0 saturated heterocycles. The monoisotopic (exact) mass is 445 g/mol. The van der Waals surface area contributed by atoms with Gasteiger partial charge in [0.1, 0.15) is 12.6 Å². The minimum Gasteiger partial charge on any atom is -0.354 e. The first-order valence-electron chi connectivity index (χ1n) is 10.4. The molecule has 0 unspecified atom stereocenters. The molecule has 0 aliphatic carbocycles. The second-order valence-corrected chi connectivity index (χ2v) is 9.34. The van der Waals surface area contributed by atoms with Crippen molar-refractivity contribution in [2.75, 3.05) is 23.7 Å². The van der Waals surface area contributed by atoms with Gasteiger partial charge >= 0.3 is 0 Å². The number of unbranched alkanes of at least 4 members (excludes halogenated alkanes) is 1. The van der Waals surface area contributed by atoms with Crippen molar-refractivity contribution in [2.45, 2.75) is 39.3 Å². The number of para-hydroxylation sites is 1. The summed E-state index contributed by atoms with van der Waals surface area (Å²) < 4.78 is 25.9. The summed E-state index contributed by atoms with van der Waals surface area (Å²) in [4.78, 5) is 27.4. The maximum atomic E-state index is 13.3. The molecule has 1 atom stereocenters. The summed E-state index contributed by atoms with van der Waals surface area (Å²) in [5.74, 6) is -0.709. The van der Waals surface area contributed by atoms with Gasteiger partial charge in [0.05, 0.1) is 11.9 Å². The number of carbonyl (C=O) groups is 2. The number of carbonyl (C=O) groups excluding carboxylic acids is 2. The smallest absolute Gasteiger partial charge is 0.244 e. The van der Waals surface area contributed by atoms with E-state index in [2.05, 4.69) is 5.32 Å². The van der Waals surface area contributed by atoms with E-state index in [1.807, 2.05) is 37.3 Å². The summed E-state index contributed by atoms with van der Waals surface area (Å²) >= 11 is 0. The third-order valence-corrected chi connectivity index (χ3v) is 6.06. The molecule has 0 spiro atoms. The normalized spacial score (nSPS) is 12.1. The van der Waals surface area contributed by atoms with Crippen LogP contribution in [-0.2, 0) is 26.2 Å². The van der Waals surface area contributed by atoms with Crippen molar-refractivity contribution < 1.29 is 18.0 Å². The molecule has 2 amide bonds. The zero-order valence-corrected chi connectivity index (χ0v) is 19.1. The number of nitrogens with one attached hydrogen (secondary N) is 1. The SMILES string of the molecule is CCCCNC(=O)[C@H](C)N(Cc1ccccc1)C(=O)CN(c1ccccc1)S(C)(=O)=O. The molecule has 0 fully saturated rings. The lowest BCUT2D eigenvalue weighted by molar-refractivity contribution is -0.139. The van der Waals surface area contributed by atoms with Crippen molar-refractivity contribution in [3.63, 3.8) is 0 Å². The van der Waals surface area contributed by atoms with Gasteiger partial charge < -0.3 is 10.2 Å². The maximum Gasteiger partial charge on any atom is 0.244 e. The molecule has 7 nitrogen and oxygen atoms in total. The number of nitrogens with zero attached hydrogens (tertiary/aromatic N) is 2. The van der Waals surface area contributed by atoms with E-state index in [-0.39, 0.29) is 19.0 Å². The van der Waals surface area contributed by atoms with Gasteiger partial charge in [0.25, 0.3) is 0 Å². The van der Waals surface area contributed by atoms with E-state index in [1.165, 1.54) is 4.90 Å². The molecule has 0 aromatic heterocycles. The molecule has 0 radical (unpaired) electrons. The number of rotatable bonds is 11. The van der Waals surface area contributed by atoms with Crippen molar-refractivity contribution in [1.29, 1.82) is 0 Å². The predicted molar refractivity (Wildman–Crippen MR) is 123 cm³/mol. The van der Waals surface area contributed by atoms with Gasteiger partial charge in [-0.15, -0.1) is 0 Å². The molecule has 0 aliphatic heterocycles. The number of amides is 2. The number of hydrogen-bond acceptors (Lipinski definition) is 4. The summed E-state index contributed by atoms with van der Waals surface area (Å²) in [6.07, 6.45) is 2.86. The molecular formula is C23H31N3O4S. The highest BCUT2D eigenvalue weighted by molar-refractivity contribution is 7.92. The van der Waals surface area contributed by atoms with Crippen LogP contribution in [0.15, 0.2) is 60.7 Å². The van der Waals surface area contributed by atoms with Crippen LogP contribution >= 0.6 is 0 Å². The lowest BCUT2D eigenvalue weighted by Crippen LogP contribution is -2.51. The Morgan fingerprint density at radius 2 is 1.58 bits per heavy atom. The van der Waals surface area contributed by atoms with E-state index in [0.29, 0.717) is 12.2 Å². The van der Waals surface area contributed by atoms with Gasteiger partial charge in [-0.3, -0.25) is 13.9 Å². The zero-order chi connectivity index (χ0) is 22.9. The van der Waals surface area contributed by atoms with Gasteiger partial charge in [0, 0.05) is 13.1 Å². The molecule has 1 N–H and O–H groups in total. The standard InChI is InChI=1S/C23H31N3O4S/c1-4-5-16-24-23(28)19(2)25(17-20-12-8-6-9-13-20)22(27)18-26(31(3,29)30)21-14-10-7-11-15-21/h6-15,19H,4-5,16-18H2,1-3H3,(H,24,28)/t19-/m0/s1. The lowest BCUT2D eigenvalue weighted by Gasteiger charge is -2.31. The van der Waals surface area contributed by atoms with Crippen LogP contribution in [0.5, 0.6) is 0 Å². The van der Waals surface area contributed by atoms with Crippen LogP contribution in [0, 0.1) is 0 Å². The molecule has 2 aromatic carbocycles. The number of sulfonamides is 1. The van der Waals surface area contributed by atoms with E-state index in [0.717, 1.165) is 29.0 Å². The highest BCUT2D eigenvalue weighted by Gasteiger charge is 2.29. The van der Waals surface area contributed by atoms with Gasteiger partial charge in [-0.1, -0.05) is 61.9 Å². The summed E-state index contributed by atoms with van der Waals surface area (Å²) in [7, 11) is -3.70. The fraction of sp³-hybridized carbons (Fsp3) is 0.391. The Hall–Kier alpha value is -2.87. The summed E-state index contributed by atoms with van der Waals surface area (Å²) in [5, 5.41) is 2.86. The Labute approximate surface area is 185 Å². The quantitative estimate of drug-likeness (QED) is 0.539. The van der Waals surface area contributed by atoms with Crippen molar-refractivity contribution in [2.24, 2.45) is 0 Å². The summed E-state index contributed by atoms with van der Waals surface area (Å²) in [5.41, 5.74) is 1.26. The van der Waals surface area contributed by atoms with Gasteiger partial charge in [-0.25, -0.2) is 8.42 Å². The fourth-order valence-corrected chi connectivity index (χ4v) is 3.96. The number of benzene rings is 2. The lowest BCUT2D eigenvalue weighted by atomic mass is 10.1. The Bertz CT molecular complexity index is 949. The Kier molecular flexibility index (Phi) is 9.05. The third-order valence-electron chi connectivity index (χ3n) is 4.92. The topological polar surface area (TPSA) is 86.8 Å². The highest BCUT2D eigenvalue weighted by Crippen LogP contribution is 2.18. The fourth-order valence-electron chi connectivity index (χ4n) is 3.11. The molecule has 168 valence electrons. The molecular weight excluding hydrogens is 414 g/mol. The summed E-state index contributed by atoms with van der Waals surface area (Å²) in [6.45, 7) is 4.04. The first kappa shape index (κ1) is 24.4. The number of hydrogen-bond donors (Lipinski definition) is 1. The van der Waals surface area contributed by atoms with E-state index in [1.54, 1.807) is 37.3 Å². The third kappa shape index (κ3) is 7.40. The molecule has 2 aromatic rings. The number of anilines is 1. The Morgan fingerprint density at radius 1 is 1.00 bits per heavy atom. The predicted octanol–water partition coefficient (Wildman–Crippen LogP) is 2.79. The largest absolute Gasteiger partial charge is 0.354 e. The van der Waals surface area contributed by atoms with Crippen LogP contribution in [0.3, 0.4) is 0 Å². The Morgan fingerprint density at radius 3 is 2.13 bits per heavy atom. The minimum atomic E-state index is -3.70. The minimum absolute atomic E-state index is 0.203. The van der Waals surface area contributed by atoms with Gasteiger partial charge in [0.15, 0.2) is 0 Å². The highest BCUT2D eigenvalue weighted by atomic mass is 32.2. The van der Waals surface area contributed by atoms with Crippen molar-refractivity contribution >= 4 is 27.5 Å². The van der Waals surface area contributed by atoms with Crippen molar-refractivity contribution in [3.05, 3.63) is 66.2 Å². The van der Waals surface area contributed by atoms with E-state index < -0.39 is 22.0 Å². The second-order valence-electron chi connectivity index (χ2n) is 7.43. The first-order chi connectivity index (χ1) is 14.7. The van der Waals surface area contributed by atoms with E-state index in [4.69, 9.17) is 0 Å². The van der Waals surface area contributed by atoms with Gasteiger partial charge in [-0.2, -0.15) is 0 Å². The zero-order valence-electron chi connectivity index (χ0n) is 18.3. The summed E-state index contributed by atoms with van der Waals surface area (Å²) in [6, 6.07) is 17.0. The molecule has 0 bridgehead atoms. The van der Waals surface area contributed by atoms with Crippen molar-refractivity contribution in [1.82, 2.24) is 10.2 Å². The second kappa shape index (κ2) is 11.5.